The van der Waals surface area contributed by atoms with Crippen molar-refractivity contribution in [1.82, 2.24) is 9.88 Å². The van der Waals surface area contributed by atoms with Gasteiger partial charge in [-0.2, -0.15) is 0 Å². The lowest BCUT2D eigenvalue weighted by Crippen LogP contribution is -2.31. The maximum absolute atomic E-state index is 13.2. The molecule has 3 aromatic rings. The van der Waals surface area contributed by atoms with Crippen LogP contribution in [0.4, 0.5) is 5.69 Å². The minimum atomic E-state index is -0.213. The van der Waals surface area contributed by atoms with E-state index in [1.165, 1.54) is 0 Å². The number of aryl methyl sites for hydroxylation is 1. The van der Waals surface area contributed by atoms with Gasteiger partial charge in [0, 0.05) is 37.0 Å². The average Bonchev–Trinajstić information content (AvgIpc) is 3.29. The van der Waals surface area contributed by atoms with Crippen LogP contribution in [0.15, 0.2) is 42.5 Å². The predicted octanol–water partition coefficient (Wildman–Crippen LogP) is 3.94. The third kappa shape index (κ3) is 3.63. The number of carbonyl (C=O) groups is 2. The molecule has 1 saturated heterocycles. The monoisotopic (exact) mass is 425 g/mol. The van der Waals surface area contributed by atoms with Gasteiger partial charge in [-0.15, -0.1) is 0 Å². The van der Waals surface area contributed by atoms with Crippen LogP contribution in [0.25, 0.3) is 10.9 Å². The molecule has 0 atom stereocenters. The number of methoxy groups -OCH3 is 1. The van der Waals surface area contributed by atoms with Gasteiger partial charge in [0.1, 0.15) is 11.4 Å². The summed E-state index contributed by atoms with van der Waals surface area (Å²) < 4.78 is 7.22. The first kappa shape index (κ1) is 20.3. The molecule has 0 unspecified atom stereocenters. The summed E-state index contributed by atoms with van der Waals surface area (Å²) >= 11 is 6.22. The fourth-order valence-corrected chi connectivity index (χ4v) is 4.27. The smallest absolute Gasteiger partial charge is 0.270 e. The highest BCUT2D eigenvalue weighted by atomic mass is 35.5. The highest BCUT2D eigenvalue weighted by Crippen LogP contribution is 2.37. The minimum absolute atomic E-state index is 0.0374. The van der Waals surface area contributed by atoms with E-state index in [0.717, 1.165) is 22.9 Å². The zero-order valence-corrected chi connectivity index (χ0v) is 17.8. The van der Waals surface area contributed by atoms with Crippen molar-refractivity contribution in [1.29, 1.82) is 0 Å². The summed E-state index contributed by atoms with van der Waals surface area (Å²) in [6.45, 7) is 1.05. The Labute approximate surface area is 180 Å². The van der Waals surface area contributed by atoms with Gasteiger partial charge in [0.15, 0.2) is 0 Å². The van der Waals surface area contributed by atoms with E-state index in [-0.39, 0.29) is 11.8 Å². The van der Waals surface area contributed by atoms with Crippen LogP contribution < -0.4 is 15.0 Å². The van der Waals surface area contributed by atoms with E-state index in [9.17, 15) is 9.59 Å². The SMILES string of the molecule is COc1ccc2c(c1)c(N1CCCC1=O)c(C(=O)NCCc1ccccc1Cl)n2C. The average molecular weight is 426 g/mol. The van der Waals surface area contributed by atoms with E-state index in [0.29, 0.717) is 48.1 Å². The van der Waals surface area contributed by atoms with Gasteiger partial charge < -0.3 is 19.5 Å². The Bertz CT molecular complexity index is 1120. The molecule has 1 aliphatic rings. The molecule has 0 aliphatic carbocycles. The first-order valence-electron chi connectivity index (χ1n) is 9.99. The molecular formula is C23H24ClN3O3. The normalized spacial score (nSPS) is 13.8. The maximum Gasteiger partial charge on any atom is 0.270 e. The van der Waals surface area contributed by atoms with Crippen molar-refractivity contribution >= 4 is 40.0 Å². The van der Waals surface area contributed by atoms with Crippen LogP contribution in [0.2, 0.25) is 5.02 Å². The second-order valence-electron chi connectivity index (χ2n) is 7.39. The van der Waals surface area contributed by atoms with Crippen LogP contribution >= 0.6 is 11.6 Å². The lowest BCUT2D eigenvalue weighted by molar-refractivity contribution is -0.117. The minimum Gasteiger partial charge on any atom is -0.497 e. The van der Waals surface area contributed by atoms with Gasteiger partial charge in [-0.25, -0.2) is 0 Å². The number of nitrogens with zero attached hydrogens (tertiary/aromatic N) is 2. The molecule has 6 nitrogen and oxygen atoms in total. The summed E-state index contributed by atoms with van der Waals surface area (Å²) in [6, 6.07) is 13.3. The Morgan fingerprint density at radius 1 is 1.23 bits per heavy atom. The van der Waals surface area contributed by atoms with E-state index in [4.69, 9.17) is 16.3 Å². The fraction of sp³-hybridized carbons (Fsp3) is 0.304. The van der Waals surface area contributed by atoms with Crippen molar-refractivity contribution < 1.29 is 14.3 Å². The molecule has 1 N–H and O–H groups in total. The second kappa shape index (κ2) is 8.40. The van der Waals surface area contributed by atoms with Crippen molar-refractivity contribution in [2.45, 2.75) is 19.3 Å². The number of nitrogens with one attached hydrogen (secondary N) is 1. The van der Waals surface area contributed by atoms with Crippen molar-refractivity contribution in [2.75, 3.05) is 25.1 Å². The third-order valence-corrected chi connectivity index (χ3v) is 5.94. The summed E-state index contributed by atoms with van der Waals surface area (Å²) in [4.78, 5) is 27.5. The zero-order valence-electron chi connectivity index (χ0n) is 17.1. The van der Waals surface area contributed by atoms with Crippen molar-refractivity contribution in [3.05, 3.63) is 58.7 Å². The first-order chi connectivity index (χ1) is 14.5. The molecule has 7 heteroatoms. The lowest BCUT2D eigenvalue weighted by atomic mass is 10.1. The van der Waals surface area contributed by atoms with Gasteiger partial charge in [0.05, 0.1) is 18.3 Å². The zero-order chi connectivity index (χ0) is 21.3. The number of ether oxygens (including phenoxy) is 1. The Kier molecular flexibility index (Phi) is 5.68. The molecule has 1 aromatic heterocycles. The Morgan fingerprint density at radius 3 is 2.73 bits per heavy atom. The van der Waals surface area contributed by atoms with Gasteiger partial charge >= 0.3 is 0 Å². The van der Waals surface area contributed by atoms with E-state index in [2.05, 4.69) is 5.32 Å². The highest BCUT2D eigenvalue weighted by Gasteiger charge is 2.31. The molecule has 1 fully saturated rings. The van der Waals surface area contributed by atoms with E-state index in [1.807, 2.05) is 54.1 Å². The van der Waals surface area contributed by atoms with Crippen LogP contribution in [-0.2, 0) is 18.3 Å². The van der Waals surface area contributed by atoms with Crippen LogP contribution in [0.3, 0.4) is 0 Å². The van der Waals surface area contributed by atoms with Gasteiger partial charge in [-0.1, -0.05) is 29.8 Å². The summed E-state index contributed by atoms with van der Waals surface area (Å²) in [5, 5.41) is 4.52. The van der Waals surface area contributed by atoms with Gasteiger partial charge in [0.2, 0.25) is 5.91 Å². The third-order valence-electron chi connectivity index (χ3n) is 5.58. The number of rotatable bonds is 6. The number of hydrogen-bond acceptors (Lipinski definition) is 3. The lowest BCUT2D eigenvalue weighted by Gasteiger charge is -2.18. The highest BCUT2D eigenvalue weighted by molar-refractivity contribution is 6.31. The topological polar surface area (TPSA) is 63.6 Å². The number of amides is 2. The molecule has 0 spiro atoms. The second-order valence-corrected chi connectivity index (χ2v) is 7.79. The summed E-state index contributed by atoms with van der Waals surface area (Å²) in [7, 11) is 3.45. The van der Waals surface area contributed by atoms with Crippen molar-refractivity contribution in [3.63, 3.8) is 0 Å². The molecular weight excluding hydrogens is 402 g/mol. The van der Waals surface area contributed by atoms with Crippen LogP contribution in [0.1, 0.15) is 28.9 Å². The first-order valence-corrected chi connectivity index (χ1v) is 10.4. The van der Waals surface area contributed by atoms with E-state index < -0.39 is 0 Å². The van der Waals surface area contributed by atoms with E-state index in [1.54, 1.807) is 12.0 Å². The largest absolute Gasteiger partial charge is 0.497 e. The van der Waals surface area contributed by atoms with Crippen LogP contribution in [-0.4, -0.2) is 36.6 Å². The van der Waals surface area contributed by atoms with Crippen LogP contribution in [0, 0.1) is 0 Å². The number of aromatic nitrogens is 1. The summed E-state index contributed by atoms with van der Waals surface area (Å²) in [5.41, 5.74) is 3.00. The Morgan fingerprint density at radius 2 is 2.03 bits per heavy atom. The summed E-state index contributed by atoms with van der Waals surface area (Å²) in [6.07, 6.45) is 1.90. The van der Waals surface area contributed by atoms with E-state index >= 15 is 0 Å². The predicted molar refractivity (Wildman–Crippen MR) is 119 cm³/mol. The van der Waals surface area contributed by atoms with Gasteiger partial charge in [-0.3, -0.25) is 9.59 Å². The van der Waals surface area contributed by atoms with Gasteiger partial charge in [0.25, 0.3) is 5.91 Å². The number of carbonyl (C=O) groups excluding carboxylic acids is 2. The molecule has 156 valence electrons. The quantitative estimate of drug-likeness (QED) is 0.650. The number of anilines is 1. The molecule has 2 heterocycles. The molecule has 0 bridgehead atoms. The fourth-order valence-electron chi connectivity index (χ4n) is 4.04. The molecule has 1 aliphatic heterocycles. The molecule has 0 radical (unpaired) electrons. The molecule has 30 heavy (non-hydrogen) atoms. The Balaban J connectivity index is 1.68. The number of benzene rings is 2. The molecule has 4 rings (SSSR count). The molecule has 2 amide bonds. The Hall–Kier alpha value is -2.99. The van der Waals surface area contributed by atoms with Gasteiger partial charge in [-0.05, 0) is 42.7 Å². The number of hydrogen-bond donors (Lipinski definition) is 1. The molecule has 2 aromatic carbocycles. The molecule has 0 saturated carbocycles. The number of fused-ring (bicyclic) bond motifs is 1. The standard InChI is InChI=1S/C23H24ClN3O3/c1-26-19-10-9-16(30-2)14-17(19)21(27-13-5-8-20(27)28)22(26)23(29)25-12-11-15-6-3-4-7-18(15)24/h3-4,6-7,9-10,14H,5,8,11-13H2,1-2H3,(H,25,29). The van der Waals surface area contributed by atoms with Crippen molar-refractivity contribution in [2.24, 2.45) is 7.05 Å². The van der Waals surface area contributed by atoms with Crippen LogP contribution in [0.5, 0.6) is 5.75 Å². The summed E-state index contributed by atoms with van der Waals surface area (Å²) in [5.74, 6) is 0.511. The van der Waals surface area contributed by atoms with Crippen molar-refractivity contribution in [3.8, 4) is 5.75 Å². The maximum atomic E-state index is 13.2. The number of halogens is 1.